The van der Waals surface area contributed by atoms with Crippen molar-refractivity contribution in [2.24, 2.45) is 9.98 Å². The van der Waals surface area contributed by atoms with E-state index in [1.165, 1.54) is 17.3 Å². The second-order valence-electron chi connectivity index (χ2n) is 5.52. The molecular formula is C22H20N2. The minimum Gasteiger partial charge on any atom is -0.237 e. The van der Waals surface area contributed by atoms with E-state index in [2.05, 4.69) is 59.1 Å². The zero-order chi connectivity index (χ0) is 16.6. The zero-order valence-electron chi connectivity index (χ0n) is 13.6. The molecule has 0 saturated heterocycles. The van der Waals surface area contributed by atoms with Gasteiger partial charge < -0.3 is 0 Å². The number of benzene rings is 2. The molecule has 118 valence electrons. The minimum absolute atomic E-state index is 0.660. The predicted molar refractivity (Wildman–Crippen MR) is 104 cm³/mol. The average molecular weight is 312 g/mol. The number of hydrogen-bond donors (Lipinski definition) is 0. The van der Waals surface area contributed by atoms with Crippen LogP contribution in [0.3, 0.4) is 0 Å². The summed E-state index contributed by atoms with van der Waals surface area (Å²) < 4.78 is 0. The Kier molecular flexibility index (Phi) is 5.31. The summed E-state index contributed by atoms with van der Waals surface area (Å²) in [6, 6.07) is 18.3. The maximum absolute atomic E-state index is 4.52. The molecule has 0 saturated carbocycles. The van der Waals surface area contributed by atoms with Gasteiger partial charge in [0, 0.05) is 18.0 Å². The number of rotatable bonds is 4. The van der Waals surface area contributed by atoms with E-state index in [9.17, 15) is 0 Å². The Morgan fingerprint density at radius 3 is 2.42 bits per heavy atom. The van der Waals surface area contributed by atoms with Crippen LogP contribution in [0.2, 0.25) is 0 Å². The van der Waals surface area contributed by atoms with Crippen LogP contribution >= 0.6 is 0 Å². The van der Waals surface area contributed by atoms with Crippen molar-refractivity contribution in [3.8, 4) is 0 Å². The molecule has 3 rings (SSSR count). The molecule has 0 fully saturated rings. The fraction of sp³-hybridized carbons (Fsp3) is 0.0909. The lowest BCUT2D eigenvalue weighted by Gasteiger charge is -2.07. The van der Waals surface area contributed by atoms with Crippen LogP contribution in [-0.4, -0.2) is 12.1 Å². The number of aliphatic imine (C=N–C) groups is 2. The van der Waals surface area contributed by atoms with Gasteiger partial charge in [-0.2, -0.15) is 0 Å². The molecule has 0 atom stereocenters. The van der Waals surface area contributed by atoms with Gasteiger partial charge in [0.05, 0.1) is 0 Å². The van der Waals surface area contributed by atoms with Crippen molar-refractivity contribution in [1.82, 2.24) is 0 Å². The van der Waals surface area contributed by atoms with Crippen molar-refractivity contribution in [2.75, 3.05) is 0 Å². The molecule has 0 radical (unpaired) electrons. The smallest absolute Gasteiger partial charge is 0.159 e. The molecule has 0 unspecified atom stereocenters. The number of allylic oxidation sites excluding steroid dienone is 4. The van der Waals surface area contributed by atoms with Crippen LogP contribution in [-0.2, 0) is 0 Å². The van der Waals surface area contributed by atoms with Gasteiger partial charge in [-0.15, -0.1) is 0 Å². The molecule has 0 bridgehead atoms. The van der Waals surface area contributed by atoms with Gasteiger partial charge in [-0.1, -0.05) is 79.4 Å². The Hall–Kier alpha value is -3.00. The first kappa shape index (κ1) is 15.9. The van der Waals surface area contributed by atoms with Gasteiger partial charge in [-0.25, -0.2) is 9.98 Å². The molecular weight excluding hydrogens is 292 g/mol. The molecule has 0 spiro atoms. The van der Waals surface area contributed by atoms with E-state index >= 15 is 0 Å². The first-order valence-corrected chi connectivity index (χ1v) is 8.12. The van der Waals surface area contributed by atoms with E-state index in [1.807, 2.05) is 36.5 Å². The van der Waals surface area contributed by atoms with Crippen molar-refractivity contribution in [3.05, 3.63) is 102 Å². The second kappa shape index (κ2) is 8.02. The van der Waals surface area contributed by atoms with Gasteiger partial charge in [0.25, 0.3) is 0 Å². The summed E-state index contributed by atoms with van der Waals surface area (Å²) >= 11 is 0. The topological polar surface area (TPSA) is 24.7 Å². The maximum Gasteiger partial charge on any atom is 0.159 e. The Labute approximate surface area is 143 Å². The van der Waals surface area contributed by atoms with Crippen LogP contribution in [0.5, 0.6) is 0 Å². The zero-order valence-corrected chi connectivity index (χ0v) is 13.6. The van der Waals surface area contributed by atoms with Crippen molar-refractivity contribution in [2.45, 2.75) is 12.8 Å². The molecule has 2 heteroatoms. The van der Waals surface area contributed by atoms with Crippen molar-refractivity contribution < 1.29 is 0 Å². The SMILES string of the molecule is C=C/N=C(\N=C\c1ccc(C2=CCCC=C2)cc1)c1ccccc1. The van der Waals surface area contributed by atoms with Gasteiger partial charge in [0.2, 0.25) is 0 Å². The van der Waals surface area contributed by atoms with Crippen molar-refractivity contribution in [3.63, 3.8) is 0 Å². The van der Waals surface area contributed by atoms with Crippen LogP contribution in [0.4, 0.5) is 0 Å². The molecule has 2 nitrogen and oxygen atoms in total. The summed E-state index contributed by atoms with van der Waals surface area (Å²) in [5.41, 5.74) is 4.56. The van der Waals surface area contributed by atoms with Gasteiger partial charge >= 0.3 is 0 Å². The largest absolute Gasteiger partial charge is 0.237 e. The van der Waals surface area contributed by atoms with Gasteiger partial charge in [-0.3, -0.25) is 0 Å². The van der Waals surface area contributed by atoms with Gasteiger partial charge in [0.1, 0.15) is 0 Å². The summed E-state index contributed by atoms with van der Waals surface area (Å²) in [7, 11) is 0. The normalized spacial score (nSPS) is 14.7. The fourth-order valence-electron chi connectivity index (χ4n) is 2.58. The maximum atomic E-state index is 4.52. The van der Waals surface area contributed by atoms with Crippen molar-refractivity contribution in [1.29, 1.82) is 0 Å². The number of amidine groups is 1. The lowest BCUT2D eigenvalue weighted by molar-refractivity contribution is 1.04. The highest BCUT2D eigenvalue weighted by atomic mass is 14.9. The molecule has 2 aromatic rings. The third-order valence-corrected chi connectivity index (χ3v) is 3.82. The Bertz CT molecular complexity index is 807. The van der Waals surface area contributed by atoms with Crippen LogP contribution in [0, 0.1) is 0 Å². The Morgan fingerprint density at radius 1 is 0.958 bits per heavy atom. The third kappa shape index (κ3) is 4.05. The first-order chi connectivity index (χ1) is 11.9. The molecule has 0 N–H and O–H groups in total. The standard InChI is InChI=1S/C22H20N2/c1-2-23-22(21-11-7-4-8-12-21)24-17-18-13-15-20(16-14-18)19-9-5-3-6-10-19/h2,4-5,7-17H,1,3,6H2/b23-22-,24-17+. The Balaban J connectivity index is 1.78. The Morgan fingerprint density at radius 2 is 1.75 bits per heavy atom. The summed E-state index contributed by atoms with van der Waals surface area (Å²) in [5, 5.41) is 0. The second-order valence-corrected chi connectivity index (χ2v) is 5.52. The molecule has 0 heterocycles. The quantitative estimate of drug-likeness (QED) is 0.531. The van der Waals surface area contributed by atoms with E-state index < -0.39 is 0 Å². The monoisotopic (exact) mass is 312 g/mol. The van der Waals surface area contributed by atoms with Gasteiger partial charge in [-0.05, 0) is 29.5 Å². The molecule has 1 aliphatic rings. The van der Waals surface area contributed by atoms with E-state index in [1.54, 1.807) is 0 Å². The summed E-state index contributed by atoms with van der Waals surface area (Å²) in [6.45, 7) is 3.67. The fourth-order valence-corrected chi connectivity index (χ4v) is 2.58. The highest BCUT2D eigenvalue weighted by molar-refractivity contribution is 6.05. The van der Waals surface area contributed by atoms with Crippen LogP contribution in [0.15, 0.2) is 95.6 Å². The highest BCUT2D eigenvalue weighted by Gasteiger charge is 2.02. The molecule has 24 heavy (non-hydrogen) atoms. The first-order valence-electron chi connectivity index (χ1n) is 8.12. The van der Waals surface area contributed by atoms with Crippen LogP contribution < -0.4 is 0 Å². The molecule has 0 aliphatic heterocycles. The van der Waals surface area contributed by atoms with Gasteiger partial charge in [0.15, 0.2) is 5.84 Å². The number of hydrogen-bond acceptors (Lipinski definition) is 1. The number of nitrogens with zero attached hydrogens (tertiary/aromatic N) is 2. The summed E-state index contributed by atoms with van der Waals surface area (Å²) in [4.78, 5) is 8.79. The average Bonchev–Trinajstić information content (AvgIpc) is 2.67. The van der Waals surface area contributed by atoms with Crippen LogP contribution in [0.25, 0.3) is 5.57 Å². The lowest BCUT2D eigenvalue weighted by Crippen LogP contribution is -1.97. The summed E-state index contributed by atoms with van der Waals surface area (Å²) in [6.07, 6.45) is 12.3. The molecule has 0 amide bonds. The van der Waals surface area contributed by atoms with Crippen molar-refractivity contribution >= 4 is 17.6 Å². The highest BCUT2D eigenvalue weighted by Crippen LogP contribution is 2.21. The molecule has 0 aromatic heterocycles. The molecule has 1 aliphatic carbocycles. The van der Waals surface area contributed by atoms with E-state index in [-0.39, 0.29) is 0 Å². The van der Waals surface area contributed by atoms with E-state index in [0.717, 1.165) is 24.0 Å². The third-order valence-electron chi connectivity index (χ3n) is 3.82. The van der Waals surface area contributed by atoms with E-state index in [0.29, 0.717) is 5.84 Å². The predicted octanol–water partition coefficient (Wildman–Crippen LogP) is 5.43. The lowest BCUT2D eigenvalue weighted by atomic mass is 9.99. The minimum atomic E-state index is 0.660. The van der Waals surface area contributed by atoms with Crippen LogP contribution in [0.1, 0.15) is 29.5 Å². The molecule has 2 aromatic carbocycles. The van der Waals surface area contributed by atoms with E-state index in [4.69, 9.17) is 0 Å². The summed E-state index contributed by atoms with van der Waals surface area (Å²) in [5.74, 6) is 0.660.